The number of nitrogens with one attached hydrogen (secondary N) is 1. The molecule has 7 nitrogen and oxygen atoms in total. The third-order valence-electron chi connectivity index (χ3n) is 5.78. The molecule has 1 saturated heterocycles. The van der Waals surface area contributed by atoms with Gasteiger partial charge in [-0.15, -0.1) is 0 Å². The van der Waals surface area contributed by atoms with Crippen LogP contribution in [0.1, 0.15) is 32.8 Å². The second-order valence-corrected chi connectivity index (χ2v) is 11.4. The number of carbonyl (C=O) groups excluding carboxylic acids is 2. The molecule has 9 heteroatoms. The molecule has 0 aliphatic carbocycles. The van der Waals surface area contributed by atoms with Gasteiger partial charge in [-0.25, -0.2) is 8.42 Å². The van der Waals surface area contributed by atoms with Gasteiger partial charge in [0.15, 0.2) is 0 Å². The normalized spacial score (nSPS) is 19.7. The fourth-order valence-corrected chi connectivity index (χ4v) is 5.46. The van der Waals surface area contributed by atoms with Gasteiger partial charge in [0.2, 0.25) is 21.8 Å². The van der Waals surface area contributed by atoms with Crippen molar-refractivity contribution in [1.29, 1.82) is 0 Å². The van der Waals surface area contributed by atoms with E-state index in [1.807, 2.05) is 20.8 Å². The van der Waals surface area contributed by atoms with E-state index in [9.17, 15) is 18.0 Å². The van der Waals surface area contributed by atoms with Crippen molar-refractivity contribution in [1.82, 2.24) is 9.62 Å². The zero-order valence-electron chi connectivity index (χ0n) is 19.3. The molecular weight excluding hydrogens is 462 g/mol. The number of halogens is 1. The third-order valence-corrected chi connectivity index (χ3v) is 7.84. The lowest BCUT2D eigenvalue weighted by atomic mass is 9.94. The van der Waals surface area contributed by atoms with Crippen LogP contribution >= 0.6 is 11.6 Å². The fourth-order valence-electron chi connectivity index (χ4n) is 3.85. The second kappa shape index (κ2) is 9.83. The Kier molecular flexibility index (Phi) is 7.51. The van der Waals surface area contributed by atoms with Crippen LogP contribution in [0.4, 0.5) is 5.69 Å². The van der Waals surface area contributed by atoms with E-state index in [1.54, 1.807) is 43.3 Å². The minimum atomic E-state index is -3.98. The first-order valence-electron chi connectivity index (χ1n) is 10.9. The molecule has 0 spiro atoms. The molecule has 0 aromatic heterocycles. The van der Waals surface area contributed by atoms with Crippen LogP contribution in [-0.2, 0) is 19.6 Å². The van der Waals surface area contributed by atoms with Crippen LogP contribution in [0.3, 0.4) is 0 Å². The molecule has 3 rings (SSSR count). The molecule has 0 unspecified atom stereocenters. The molecule has 1 aliphatic heterocycles. The number of rotatable bonds is 7. The minimum Gasteiger partial charge on any atom is -0.354 e. The summed E-state index contributed by atoms with van der Waals surface area (Å²) in [5.74, 6) is -0.507. The molecule has 1 N–H and O–H groups in total. The number of hydrogen-bond acceptors (Lipinski definition) is 4. The largest absolute Gasteiger partial charge is 0.354 e. The number of sulfonamides is 1. The number of anilines is 1. The summed E-state index contributed by atoms with van der Waals surface area (Å²) in [5, 5.41) is 3.39. The number of hydrogen-bond donors (Lipinski definition) is 1. The van der Waals surface area contributed by atoms with E-state index in [4.69, 9.17) is 11.6 Å². The standard InChI is InChI=1S/C24H30ClN3O4S/c1-17(2)13-14-26-23(30)24(4)16-27(33(31,32)21-11-5-18(3)6-12-21)15-22(29)28(24)20-9-7-19(25)8-10-20/h5-12,17H,13-16H2,1-4H3,(H,26,30)/t24-/m0/s1. The maximum absolute atomic E-state index is 13.4. The Morgan fingerprint density at radius 1 is 1.12 bits per heavy atom. The van der Waals surface area contributed by atoms with Crippen molar-refractivity contribution < 1.29 is 18.0 Å². The first kappa shape index (κ1) is 25.2. The highest BCUT2D eigenvalue weighted by molar-refractivity contribution is 7.89. The monoisotopic (exact) mass is 491 g/mol. The number of aryl methyl sites for hydroxylation is 1. The molecule has 1 fully saturated rings. The lowest BCUT2D eigenvalue weighted by Crippen LogP contribution is -2.70. The first-order chi connectivity index (χ1) is 15.4. The van der Waals surface area contributed by atoms with Crippen LogP contribution in [0.15, 0.2) is 53.4 Å². The van der Waals surface area contributed by atoms with Gasteiger partial charge in [-0.3, -0.25) is 14.5 Å². The SMILES string of the molecule is Cc1ccc(S(=O)(=O)N2CC(=O)N(c3ccc(Cl)cc3)[C@](C)(C(=O)NCCC(C)C)C2)cc1. The van der Waals surface area contributed by atoms with Gasteiger partial charge in [0.1, 0.15) is 5.54 Å². The van der Waals surface area contributed by atoms with Crippen LogP contribution in [0, 0.1) is 12.8 Å². The van der Waals surface area contributed by atoms with Crippen LogP contribution < -0.4 is 10.2 Å². The van der Waals surface area contributed by atoms with Crippen molar-refractivity contribution in [3.05, 3.63) is 59.1 Å². The zero-order valence-corrected chi connectivity index (χ0v) is 20.9. The summed E-state index contributed by atoms with van der Waals surface area (Å²) in [5.41, 5.74) is -0.0389. The van der Waals surface area contributed by atoms with Crippen molar-refractivity contribution >= 4 is 39.1 Å². The summed E-state index contributed by atoms with van der Waals surface area (Å²) < 4.78 is 27.8. The summed E-state index contributed by atoms with van der Waals surface area (Å²) in [4.78, 5) is 28.2. The number of nitrogens with zero attached hydrogens (tertiary/aromatic N) is 2. The summed E-state index contributed by atoms with van der Waals surface area (Å²) >= 11 is 6.01. The molecule has 1 atom stereocenters. The highest BCUT2D eigenvalue weighted by atomic mass is 35.5. The zero-order chi connectivity index (χ0) is 24.4. The van der Waals surface area contributed by atoms with Crippen molar-refractivity contribution in [2.75, 3.05) is 24.5 Å². The van der Waals surface area contributed by atoms with Gasteiger partial charge in [-0.05, 0) is 62.6 Å². The van der Waals surface area contributed by atoms with E-state index < -0.39 is 27.4 Å². The van der Waals surface area contributed by atoms with Gasteiger partial charge < -0.3 is 5.32 Å². The van der Waals surface area contributed by atoms with E-state index in [0.717, 1.165) is 16.3 Å². The van der Waals surface area contributed by atoms with Gasteiger partial charge in [0.25, 0.3) is 0 Å². The Labute approximate surface area is 200 Å². The highest BCUT2D eigenvalue weighted by Crippen LogP contribution is 2.33. The number of carbonyl (C=O) groups is 2. The molecule has 0 saturated carbocycles. The summed E-state index contributed by atoms with van der Waals surface area (Å²) in [7, 11) is -3.98. The van der Waals surface area contributed by atoms with Crippen LogP contribution in [0.2, 0.25) is 5.02 Å². The van der Waals surface area contributed by atoms with Crippen LogP contribution in [-0.4, -0.2) is 49.7 Å². The maximum Gasteiger partial charge on any atom is 0.247 e. The number of amides is 2. The molecular formula is C24H30ClN3O4S. The van der Waals surface area contributed by atoms with E-state index >= 15 is 0 Å². The van der Waals surface area contributed by atoms with Gasteiger partial charge >= 0.3 is 0 Å². The van der Waals surface area contributed by atoms with E-state index in [-0.39, 0.29) is 18.0 Å². The van der Waals surface area contributed by atoms with Crippen molar-refractivity contribution in [2.45, 2.75) is 44.6 Å². The number of benzene rings is 2. The number of piperazine rings is 1. The predicted molar refractivity (Wildman–Crippen MR) is 130 cm³/mol. The summed E-state index contributed by atoms with van der Waals surface area (Å²) in [6.45, 7) is 7.45. The maximum atomic E-state index is 13.4. The quantitative estimate of drug-likeness (QED) is 0.641. The van der Waals surface area contributed by atoms with Gasteiger partial charge in [-0.2, -0.15) is 4.31 Å². The van der Waals surface area contributed by atoms with E-state index in [2.05, 4.69) is 5.32 Å². The molecule has 178 valence electrons. The molecule has 2 aromatic rings. The van der Waals surface area contributed by atoms with Gasteiger partial charge in [-0.1, -0.05) is 43.1 Å². The molecule has 33 heavy (non-hydrogen) atoms. The first-order valence-corrected chi connectivity index (χ1v) is 12.7. The average Bonchev–Trinajstić information content (AvgIpc) is 2.74. The predicted octanol–water partition coefficient (Wildman–Crippen LogP) is 3.61. The van der Waals surface area contributed by atoms with E-state index in [0.29, 0.717) is 23.2 Å². The summed E-state index contributed by atoms with van der Waals surface area (Å²) in [6.07, 6.45) is 0.766. The van der Waals surface area contributed by atoms with Gasteiger partial charge in [0.05, 0.1) is 11.4 Å². The Hall–Kier alpha value is -2.42. The Bertz CT molecular complexity index is 1120. The molecule has 2 aromatic carbocycles. The van der Waals surface area contributed by atoms with Crippen LogP contribution in [0.5, 0.6) is 0 Å². The molecule has 1 heterocycles. The van der Waals surface area contributed by atoms with E-state index in [1.165, 1.54) is 17.0 Å². The van der Waals surface area contributed by atoms with Crippen molar-refractivity contribution in [3.63, 3.8) is 0 Å². The lowest BCUT2D eigenvalue weighted by molar-refractivity contribution is -0.132. The van der Waals surface area contributed by atoms with Gasteiger partial charge in [0, 0.05) is 23.8 Å². The molecule has 1 aliphatic rings. The topological polar surface area (TPSA) is 86.8 Å². The third kappa shape index (κ3) is 5.39. The Morgan fingerprint density at radius 3 is 2.30 bits per heavy atom. The summed E-state index contributed by atoms with van der Waals surface area (Å²) in [6, 6.07) is 13.0. The molecule has 0 bridgehead atoms. The van der Waals surface area contributed by atoms with Crippen molar-refractivity contribution in [2.24, 2.45) is 5.92 Å². The molecule has 2 amide bonds. The molecule has 0 radical (unpaired) electrons. The van der Waals surface area contributed by atoms with Crippen LogP contribution in [0.25, 0.3) is 0 Å². The minimum absolute atomic E-state index is 0.0865. The lowest BCUT2D eigenvalue weighted by Gasteiger charge is -2.46. The second-order valence-electron chi connectivity index (χ2n) is 9.00. The Morgan fingerprint density at radius 2 is 1.73 bits per heavy atom. The smallest absolute Gasteiger partial charge is 0.247 e. The highest BCUT2D eigenvalue weighted by Gasteiger charge is 2.51. The fraction of sp³-hybridized carbons (Fsp3) is 0.417. The average molecular weight is 492 g/mol. The Balaban J connectivity index is 1.99. The van der Waals surface area contributed by atoms with Crippen molar-refractivity contribution in [3.8, 4) is 0 Å².